The van der Waals surface area contributed by atoms with Crippen LogP contribution in [0.25, 0.3) is 0 Å². The predicted octanol–water partition coefficient (Wildman–Crippen LogP) is 0.105. The molecule has 0 amide bonds. The highest BCUT2D eigenvalue weighted by atomic mass is 16.1. The summed E-state index contributed by atoms with van der Waals surface area (Å²) in [5, 5.41) is 3.13. The molecule has 0 bridgehead atoms. The molecular formula is C6H9NO. The molecule has 1 N–H and O–H groups in total. The maximum absolute atomic E-state index is 9.86. The van der Waals surface area contributed by atoms with Gasteiger partial charge in [-0.05, 0) is 19.0 Å². The molecule has 2 nitrogen and oxygen atoms in total. The Morgan fingerprint density at radius 2 is 2.50 bits per heavy atom. The van der Waals surface area contributed by atoms with Crippen LogP contribution < -0.4 is 5.32 Å². The van der Waals surface area contributed by atoms with Crippen LogP contribution in [0.5, 0.6) is 0 Å². The summed E-state index contributed by atoms with van der Waals surface area (Å²) in [5.74, 6) is 0. The molecule has 1 aliphatic heterocycles. The maximum atomic E-state index is 9.86. The van der Waals surface area contributed by atoms with Gasteiger partial charge in [-0.2, -0.15) is 0 Å². The van der Waals surface area contributed by atoms with Crippen molar-refractivity contribution in [3.63, 3.8) is 0 Å². The van der Waals surface area contributed by atoms with E-state index >= 15 is 0 Å². The Hall–Kier alpha value is -0.630. The number of aldehydes is 1. The summed E-state index contributed by atoms with van der Waals surface area (Å²) in [5.41, 5.74) is 1.22. The first kappa shape index (κ1) is 5.51. The monoisotopic (exact) mass is 111 g/mol. The second-order valence-corrected chi connectivity index (χ2v) is 1.89. The van der Waals surface area contributed by atoms with Crippen molar-refractivity contribution in [1.29, 1.82) is 0 Å². The van der Waals surface area contributed by atoms with Crippen LogP contribution in [-0.4, -0.2) is 19.4 Å². The minimum atomic E-state index is 0.850. The predicted molar refractivity (Wildman–Crippen MR) is 31.6 cm³/mol. The zero-order chi connectivity index (χ0) is 5.82. The molecule has 0 aromatic heterocycles. The van der Waals surface area contributed by atoms with E-state index in [9.17, 15) is 4.79 Å². The van der Waals surface area contributed by atoms with Gasteiger partial charge in [-0.3, -0.25) is 4.79 Å². The molecule has 1 saturated heterocycles. The second kappa shape index (κ2) is 2.62. The van der Waals surface area contributed by atoms with Crippen LogP contribution in [0.1, 0.15) is 6.42 Å². The fourth-order valence-corrected chi connectivity index (χ4v) is 0.825. The van der Waals surface area contributed by atoms with Gasteiger partial charge in [-0.15, -0.1) is 0 Å². The quantitative estimate of drug-likeness (QED) is 0.384. The summed E-state index contributed by atoms with van der Waals surface area (Å²) in [6.07, 6.45) is 3.53. The van der Waals surface area contributed by atoms with Crippen molar-refractivity contribution in [2.45, 2.75) is 6.42 Å². The number of nitrogens with one attached hydrogen (secondary N) is 1. The highest BCUT2D eigenvalue weighted by Crippen LogP contribution is 2.02. The van der Waals surface area contributed by atoms with E-state index < -0.39 is 0 Å². The van der Waals surface area contributed by atoms with Gasteiger partial charge in [0.15, 0.2) is 0 Å². The molecule has 0 aromatic carbocycles. The van der Waals surface area contributed by atoms with Gasteiger partial charge in [0.25, 0.3) is 0 Å². The minimum Gasteiger partial charge on any atom is -0.313 e. The number of hydrogen-bond acceptors (Lipinski definition) is 2. The Bertz CT molecular complexity index is 110. The lowest BCUT2D eigenvalue weighted by molar-refractivity contribution is -0.104. The van der Waals surface area contributed by atoms with Crippen molar-refractivity contribution in [3.05, 3.63) is 11.6 Å². The molecule has 0 atom stereocenters. The third-order valence-corrected chi connectivity index (χ3v) is 1.28. The lowest BCUT2D eigenvalue weighted by atomic mass is 10.2. The summed E-state index contributed by atoms with van der Waals surface area (Å²) in [6.45, 7) is 1.93. The van der Waals surface area contributed by atoms with Crippen LogP contribution >= 0.6 is 0 Å². The van der Waals surface area contributed by atoms with Crippen molar-refractivity contribution in [3.8, 4) is 0 Å². The Kier molecular flexibility index (Phi) is 1.80. The molecule has 1 aliphatic rings. The van der Waals surface area contributed by atoms with Gasteiger partial charge >= 0.3 is 0 Å². The van der Waals surface area contributed by atoms with Gasteiger partial charge in [0.05, 0.1) is 0 Å². The van der Waals surface area contributed by atoms with Gasteiger partial charge in [-0.25, -0.2) is 0 Å². The van der Waals surface area contributed by atoms with Gasteiger partial charge in [-0.1, -0.05) is 5.57 Å². The zero-order valence-electron chi connectivity index (χ0n) is 4.68. The van der Waals surface area contributed by atoms with Crippen molar-refractivity contribution < 1.29 is 4.79 Å². The zero-order valence-corrected chi connectivity index (χ0v) is 4.68. The number of rotatable bonds is 1. The van der Waals surface area contributed by atoms with E-state index in [1.807, 2.05) is 0 Å². The second-order valence-electron chi connectivity index (χ2n) is 1.89. The molecule has 0 spiro atoms. The summed E-state index contributed by atoms with van der Waals surface area (Å²) in [6, 6.07) is 0. The van der Waals surface area contributed by atoms with E-state index in [4.69, 9.17) is 0 Å². The first-order valence-electron chi connectivity index (χ1n) is 2.77. The highest BCUT2D eigenvalue weighted by Gasteiger charge is 2.02. The van der Waals surface area contributed by atoms with Crippen molar-refractivity contribution in [2.75, 3.05) is 13.1 Å². The summed E-state index contributed by atoms with van der Waals surface area (Å²) in [7, 11) is 0. The van der Waals surface area contributed by atoms with Gasteiger partial charge < -0.3 is 5.32 Å². The Labute approximate surface area is 48.6 Å². The van der Waals surface area contributed by atoms with Gasteiger partial charge in [0, 0.05) is 6.54 Å². The normalized spacial score (nSPS) is 24.2. The number of hydrogen-bond donors (Lipinski definition) is 1. The Morgan fingerprint density at radius 3 is 3.00 bits per heavy atom. The van der Waals surface area contributed by atoms with Gasteiger partial charge in [0.2, 0.25) is 0 Å². The molecule has 2 heteroatoms. The maximum Gasteiger partial charge on any atom is 0.142 e. The third kappa shape index (κ3) is 1.17. The van der Waals surface area contributed by atoms with Gasteiger partial charge in [0.1, 0.15) is 6.29 Å². The van der Waals surface area contributed by atoms with Crippen LogP contribution in [0.4, 0.5) is 0 Å². The fraction of sp³-hybridized carbons (Fsp3) is 0.500. The highest BCUT2D eigenvalue weighted by molar-refractivity contribution is 5.66. The molecule has 0 unspecified atom stereocenters. The summed E-state index contributed by atoms with van der Waals surface area (Å²) >= 11 is 0. The van der Waals surface area contributed by atoms with E-state index in [2.05, 4.69) is 5.32 Å². The lowest BCUT2D eigenvalue weighted by Crippen LogP contribution is -2.04. The molecular weight excluding hydrogens is 102 g/mol. The van der Waals surface area contributed by atoms with E-state index in [-0.39, 0.29) is 0 Å². The van der Waals surface area contributed by atoms with E-state index in [0.717, 1.165) is 25.8 Å². The van der Waals surface area contributed by atoms with Crippen molar-refractivity contribution >= 4 is 6.29 Å². The van der Waals surface area contributed by atoms with Crippen molar-refractivity contribution in [1.82, 2.24) is 5.32 Å². The molecule has 8 heavy (non-hydrogen) atoms. The molecule has 0 radical (unpaired) electrons. The molecule has 1 fully saturated rings. The molecule has 0 saturated carbocycles. The number of allylic oxidation sites excluding steroid dienone is 1. The number of carbonyl (C=O) groups is 1. The minimum absolute atomic E-state index is 0.850. The van der Waals surface area contributed by atoms with Crippen LogP contribution in [0.2, 0.25) is 0 Å². The topological polar surface area (TPSA) is 29.1 Å². The average Bonchev–Trinajstić information content (AvgIpc) is 2.19. The first-order valence-corrected chi connectivity index (χ1v) is 2.77. The summed E-state index contributed by atoms with van der Waals surface area (Å²) < 4.78 is 0. The molecule has 44 valence electrons. The molecule has 1 rings (SSSR count). The van der Waals surface area contributed by atoms with E-state index in [1.165, 1.54) is 5.57 Å². The van der Waals surface area contributed by atoms with Crippen LogP contribution in [0.15, 0.2) is 11.6 Å². The SMILES string of the molecule is O=C/C=C1\CCNC1. The Balaban J connectivity index is 2.44. The first-order chi connectivity index (χ1) is 3.93. The van der Waals surface area contributed by atoms with E-state index in [1.54, 1.807) is 6.08 Å². The molecule has 0 aromatic rings. The fourth-order valence-electron chi connectivity index (χ4n) is 0.825. The van der Waals surface area contributed by atoms with Crippen molar-refractivity contribution in [2.24, 2.45) is 0 Å². The van der Waals surface area contributed by atoms with Crippen LogP contribution in [0.3, 0.4) is 0 Å². The van der Waals surface area contributed by atoms with E-state index in [0.29, 0.717) is 0 Å². The smallest absolute Gasteiger partial charge is 0.142 e. The lowest BCUT2D eigenvalue weighted by Gasteiger charge is -1.84. The summed E-state index contributed by atoms with van der Waals surface area (Å²) in [4.78, 5) is 9.86. The standard InChI is InChI=1S/C6H9NO/c8-4-2-6-1-3-7-5-6/h2,4,7H,1,3,5H2/b6-2+. The largest absolute Gasteiger partial charge is 0.313 e. The van der Waals surface area contributed by atoms with Crippen LogP contribution in [-0.2, 0) is 4.79 Å². The molecule has 0 aliphatic carbocycles. The third-order valence-electron chi connectivity index (χ3n) is 1.28. The van der Waals surface area contributed by atoms with Crippen LogP contribution in [0, 0.1) is 0 Å². The molecule has 1 heterocycles. The Morgan fingerprint density at radius 1 is 1.62 bits per heavy atom. The average molecular weight is 111 g/mol. The number of carbonyl (C=O) groups excluding carboxylic acids is 1.